The molecule has 0 saturated carbocycles. The third kappa shape index (κ3) is 6.77. The molecule has 7 nitrogen and oxygen atoms in total. The predicted octanol–water partition coefficient (Wildman–Crippen LogP) is 6.26. The summed E-state index contributed by atoms with van der Waals surface area (Å²) in [4.78, 5) is 36.5. The highest BCUT2D eigenvalue weighted by molar-refractivity contribution is 6.31. The van der Waals surface area contributed by atoms with Crippen molar-refractivity contribution in [3.63, 3.8) is 0 Å². The number of aryl methyl sites for hydroxylation is 1. The van der Waals surface area contributed by atoms with Crippen LogP contribution in [0.15, 0.2) is 72.4 Å². The number of nitro benzene ring substituents is 1. The van der Waals surface area contributed by atoms with E-state index in [4.69, 9.17) is 11.6 Å². The van der Waals surface area contributed by atoms with E-state index in [0.29, 0.717) is 21.8 Å². The molecule has 35 heavy (non-hydrogen) atoms. The third-order valence-corrected chi connectivity index (χ3v) is 5.76. The number of benzene rings is 3. The fraction of sp³-hybridized carbons (Fsp3) is 0.185. The van der Waals surface area contributed by atoms with Gasteiger partial charge >= 0.3 is 0 Å². The van der Waals surface area contributed by atoms with Gasteiger partial charge in [-0.25, -0.2) is 0 Å². The highest BCUT2D eigenvalue weighted by Gasteiger charge is 2.18. The number of amides is 2. The highest BCUT2D eigenvalue weighted by atomic mass is 35.5. The molecular formula is C27H26ClN3O4. The Labute approximate surface area is 209 Å². The van der Waals surface area contributed by atoms with Gasteiger partial charge in [0.15, 0.2) is 0 Å². The largest absolute Gasteiger partial charge is 0.321 e. The molecule has 2 N–H and O–H groups in total. The first-order chi connectivity index (χ1) is 16.4. The number of halogens is 1. The number of hydrogen-bond acceptors (Lipinski definition) is 4. The molecule has 0 radical (unpaired) electrons. The van der Waals surface area contributed by atoms with Gasteiger partial charge in [-0.3, -0.25) is 19.7 Å². The van der Waals surface area contributed by atoms with Crippen molar-refractivity contribution in [2.75, 3.05) is 5.32 Å². The predicted molar refractivity (Wildman–Crippen MR) is 139 cm³/mol. The van der Waals surface area contributed by atoms with E-state index >= 15 is 0 Å². The first-order valence-corrected chi connectivity index (χ1v) is 11.3. The van der Waals surface area contributed by atoms with Crippen molar-refractivity contribution in [2.45, 2.75) is 33.1 Å². The molecule has 0 fully saturated rings. The molecule has 0 unspecified atom stereocenters. The van der Waals surface area contributed by atoms with Gasteiger partial charge in [-0.15, -0.1) is 0 Å². The Morgan fingerprint density at radius 2 is 1.60 bits per heavy atom. The molecule has 3 aromatic carbocycles. The number of rotatable bonds is 6. The molecule has 2 amide bonds. The van der Waals surface area contributed by atoms with E-state index in [1.807, 2.05) is 19.1 Å². The molecule has 0 aliphatic carbocycles. The zero-order valence-corrected chi connectivity index (χ0v) is 20.6. The quantitative estimate of drug-likeness (QED) is 0.241. The van der Waals surface area contributed by atoms with Crippen LogP contribution in [-0.2, 0) is 10.2 Å². The van der Waals surface area contributed by atoms with Gasteiger partial charge in [0.2, 0.25) is 0 Å². The van der Waals surface area contributed by atoms with Crippen LogP contribution >= 0.6 is 11.6 Å². The van der Waals surface area contributed by atoms with Crippen LogP contribution in [0, 0.1) is 17.0 Å². The third-order valence-electron chi connectivity index (χ3n) is 5.35. The molecule has 0 aliphatic rings. The van der Waals surface area contributed by atoms with Gasteiger partial charge in [0.1, 0.15) is 5.70 Å². The van der Waals surface area contributed by atoms with Gasteiger partial charge in [0.25, 0.3) is 17.5 Å². The van der Waals surface area contributed by atoms with Crippen LogP contribution in [0.1, 0.15) is 47.8 Å². The number of non-ortho nitro benzene ring substituents is 1. The number of nitrogens with one attached hydrogen (secondary N) is 2. The van der Waals surface area contributed by atoms with Gasteiger partial charge in [-0.1, -0.05) is 50.6 Å². The van der Waals surface area contributed by atoms with Crippen molar-refractivity contribution < 1.29 is 14.5 Å². The minimum absolute atomic E-state index is 0.0274. The zero-order valence-electron chi connectivity index (χ0n) is 19.9. The first kappa shape index (κ1) is 25.6. The second-order valence-electron chi connectivity index (χ2n) is 9.11. The lowest BCUT2D eigenvalue weighted by atomic mass is 9.87. The van der Waals surface area contributed by atoms with Crippen molar-refractivity contribution in [1.29, 1.82) is 0 Å². The van der Waals surface area contributed by atoms with Gasteiger partial charge in [0, 0.05) is 28.4 Å². The van der Waals surface area contributed by atoms with E-state index in [2.05, 4.69) is 31.4 Å². The summed E-state index contributed by atoms with van der Waals surface area (Å²) in [6.45, 7) is 8.08. The molecule has 0 aliphatic heterocycles. The van der Waals surface area contributed by atoms with Crippen LogP contribution in [0.2, 0.25) is 5.02 Å². The maximum Gasteiger partial charge on any atom is 0.272 e. The Morgan fingerprint density at radius 3 is 2.14 bits per heavy atom. The van der Waals surface area contributed by atoms with Crippen LogP contribution in [-0.4, -0.2) is 16.7 Å². The maximum atomic E-state index is 13.1. The molecule has 3 aromatic rings. The molecule has 0 heterocycles. The molecule has 8 heteroatoms. The van der Waals surface area contributed by atoms with E-state index in [9.17, 15) is 19.7 Å². The van der Waals surface area contributed by atoms with E-state index in [1.165, 1.54) is 30.3 Å². The molecule has 0 aromatic heterocycles. The number of nitro groups is 1. The highest BCUT2D eigenvalue weighted by Crippen LogP contribution is 2.23. The fourth-order valence-electron chi connectivity index (χ4n) is 3.20. The van der Waals surface area contributed by atoms with Crippen LogP contribution in [0.4, 0.5) is 11.4 Å². The Bertz CT molecular complexity index is 1290. The van der Waals surface area contributed by atoms with E-state index in [0.717, 1.165) is 11.1 Å². The zero-order chi connectivity index (χ0) is 25.8. The Kier molecular flexibility index (Phi) is 7.71. The monoisotopic (exact) mass is 491 g/mol. The second-order valence-corrected chi connectivity index (χ2v) is 9.51. The SMILES string of the molecule is Cc1ccc(NC(=O)/C(=C/c2ccc([N+](=O)[O-])cc2)NC(=O)c2ccc(C(C)(C)C)cc2)cc1Cl. The molecular weight excluding hydrogens is 466 g/mol. The lowest BCUT2D eigenvalue weighted by Crippen LogP contribution is -2.30. The smallest absolute Gasteiger partial charge is 0.272 e. The lowest BCUT2D eigenvalue weighted by Gasteiger charge is -2.19. The van der Waals surface area contributed by atoms with E-state index < -0.39 is 16.7 Å². The average molecular weight is 492 g/mol. The Balaban J connectivity index is 1.90. The summed E-state index contributed by atoms with van der Waals surface area (Å²) >= 11 is 6.17. The number of hydrogen-bond donors (Lipinski definition) is 2. The summed E-state index contributed by atoms with van der Waals surface area (Å²) in [7, 11) is 0. The standard InChI is InChI=1S/C27H26ClN3O4/c1-17-5-12-21(16-23(17)28)29-26(33)24(15-18-6-13-22(14-7-18)31(34)35)30-25(32)19-8-10-20(11-9-19)27(2,3)4/h5-16H,1-4H3,(H,29,33)(H,30,32)/b24-15-. The molecule has 0 spiro atoms. The summed E-state index contributed by atoms with van der Waals surface area (Å²) in [5, 5.41) is 16.8. The topological polar surface area (TPSA) is 101 Å². The molecule has 0 saturated heterocycles. The maximum absolute atomic E-state index is 13.1. The lowest BCUT2D eigenvalue weighted by molar-refractivity contribution is -0.384. The van der Waals surface area contributed by atoms with Crippen LogP contribution in [0.3, 0.4) is 0 Å². The normalized spacial score (nSPS) is 11.6. The summed E-state index contributed by atoms with van der Waals surface area (Å²) in [5.41, 5.74) is 3.12. The van der Waals surface area contributed by atoms with Gasteiger partial charge < -0.3 is 10.6 Å². The number of carbonyl (C=O) groups excluding carboxylic acids is 2. The summed E-state index contributed by atoms with van der Waals surface area (Å²) in [5.74, 6) is -1.03. The van der Waals surface area contributed by atoms with Gasteiger partial charge in [0.05, 0.1) is 4.92 Å². The number of anilines is 1. The van der Waals surface area contributed by atoms with Crippen LogP contribution < -0.4 is 10.6 Å². The Hall–Kier alpha value is -3.97. The van der Waals surface area contributed by atoms with Gasteiger partial charge in [-0.2, -0.15) is 0 Å². The first-order valence-electron chi connectivity index (χ1n) is 10.9. The van der Waals surface area contributed by atoms with Gasteiger partial charge in [-0.05, 0) is 71.5 Å². The summed E-state index contributed by atoms with van der Waals surface area (Å²) < 4.78 is 0. The Morgan fingerprint density at radius 1 is 0.971 bits per heavy atom. The van der Waals surface area contributed by atoms with E-state index in [1.54, 1.807) is 30.3 Å². The molecule has 0 bridgehead atoms. The van der Waals surface area contributed by atoms with Crippen molar-refractivity contribution in [1.82, 2.24) is 5.32 Å². The minimum Gasteiger partial charge on any atom is -0.321 e. The second kappa shape index (κ2) is 10.5. The van der Waals surface area contributed by atoms with Crippen molar-refractivity contribution in [3.8, 4) is 0 Å². The molecule has 0 atom stereocenters. The summed E-state index contributed by atoms with van der Waals surface area (Å²) in [6.07, 6.45) is 1.45. The molecule has 3 rings (SSSR count). The van der Waals surface area contributed by atoms with Crippen LogP contribution in [0.25, 0.3) is 6.08 Å². The average Bonchev–Trinajstić information content (AvgIpc) is 2.80. The van der Waals surface area contributed by atoms with Crippen molar-refractivity contribution >= 4 is 40.9 Å². The van der Waals surface area contributed by atoms with E-state index in [-0.39, 0.29) is 16.8 Å². The van der Waals surface area contributed by atoms with Crippen LogP contribution in [0.5, 0.6) is 0 Å². The summed E-state index contributed by atoms with van der Waals surface area (Å²) in [6, 6.07) is 17.9. The number of nitrogens with zero attached hydrogens (tertiary/aromatic N) is 1. The van der Waals surface area contributed by atoms with Crippen molar-refractivity contribution in [3.05, 3.63) is 110 Å². The van der Waals surface area contributed by atoms with Crippen molar-refractivity contribution in [2.24, 2.45) is 0 Å². The number of carbonyl (C=O) groups is 2. The fourth-order valence-corrected chi connectivity index (χ4v) is 3.38. The molecule has 180 valence electrons. The minimum atomic E-state index is -0.567.